The normalized spacial score (nSPS) is 13.0. The van der Waals surface area contributed by atoms with Crippen molar-refractivity contribution in [3.05, 3.63) is 34.9 Å². The fourth-order valence-corrected chi connectivity index (χ4v) is 1.55. The molecule has 0 bridgehead atoms. The predicted octanol–water partition coefficient (Wildman–Crippen LogP) is 2.08. The van der Waals surface area contributed by atoms with Crippen LogP contribution in [-0.2, 0) is 6.54 Å². The maximum absolute atomic E-state index is 12.7. The molecule has 0 heterocycles. The van der Waals surface area contributed by atoms with E-state index in [0.29, 0.717) is 16.7 Å². The third-order valence-electron chi connectivity index (χ3n) is 2.74. The summed E-state index contributed by atoms with van der Waals surface area (Å²) in [5.74, 6) is -4.13. The largest absolute Gasteiger partial charge is 0.409 e. The number of hydrogen-bond acceptors (Lipinski definition) is 3. The molecule has 20 heavy (non-hydrogen) atoms. The predicted molar refractivity (Wildman–Crippen MR) is 66.3 cm³/mol. The molecule has 0 aliphatic carbocycles. The molecule has 0 atom stereocenters. The van der Waals surface area contributed by atoms with Crippen molar-refractivity contribution in [3.8, 4) is 0 Å². The van der Waals surface area contributed by atoms with Crippen LogP contribution in [0.1, 0.15) is 16.7 Å². The molecular formula is C12H15F4N3O. The number of rotatable bonds is 6. The summed E-state index contributed by atoms with van der Waals surface area (Å²) < 4.78 is 49.3. The van der Waals surface area contributed by atoms with Gasteiger partial charge in [-0.25, -0.2) is 8.78 Å². The second-order valence-corrected chi connectivity index (χ2v) is 4.29. The first-order valence-electron chi connectivity index (χ1n) is 5.72. The summed E-state index contributed by atoms with van der Waals surface area (Å²) in [6.07, 6.45) is -3.70. The van der Waals surface area contributed by atoms with Crippen LogP contribution in [0, 0.1) is 6.92 Å². The van der Waals surface area contributed by atoms with Gasteiger partial charge in [-0.2, -0.15) is 8.78 Å². The van der Waals surface area contributed by atoms with Crippen molar-refractivity contribution in [3.63, 3.8) is 0 Å². The number of nitrogens with one attached hydrogen (secondary N) is 1. The van der Waals surface area contributed by atoms with Crippen LogP contribution in [-0.4, -0.2) is 29.9 Å². The highest BCUT2D eigenvalue weighted by Crippen LogP contribution is 2.21. The van der Waals surface area contributed by atoms with Crippen LogP contribution in [0.3, 0.4) is 0 Å². The monoisotopic (exact) mass is 293 g/mol. The Morgan fingerprint density at radius 2 is 2.10 bits per heavy atom. The summed E-state index contributed by atoms with van der Waals surface area (Å²) in [5.41, 5.74) is 7.25. The number of aryl methyl sites for hydroxylation is 1. The third-order valence-corrected chi connectivity index (χ3v) is 2.74. The molecule has 0 amide bonds. The first kappa shape index (κ1) is 16.2. The lowest BCUT2D eigenvalue weighted by atomic mass is 10.0. The fourth-order valence-electron chi connectivity index (χ4n) is 1.55. The van der Waals surface area contributed by atoms with Crippen molar-refractivity contribution in [1.82, 2.24) is 5.32 Å². The van der Waals surface area contributed by atoms with Crippen molar-refractivity contribution >= 4 is 5.84 Å². The van der Waals surface area contributed by atoms with Crippen molar-refractivity contribution in [2.24, 2.45) is 10.9 Å². The highest BCUT2D eigenvalue weighted by molar-refractivity contribution is 5.97. The molecule has 0 aliphatic heterocycles. The van der Waals surface area contributed by atoms with E-state index in [1.807, 2.05) is 0 Å². The first-order valence-corrected chi connectivity index (χ1v) is 5.72. The smallest absolute Gasteiger partial charge is 0.319 e. The second-order valence-electron chi connectivity index (χ2n) is 4.29. The van der Waals surface area contributed by atoms with Crippen molar-refractivity contribution in [2.45, 2.75) is 25.8 Å². The van der Waals surface area contributed by atoms with Gasteiger partial charge in [-0.15, -0.1) is 0 Å². The molecule has 0 aromatic heterocycles. The van der Waals surface area contributed by atoms with E-state index >= 15 is 0 Å². The van der Waals surface area contributed by atoms with Gasteiger partial charge in [0.1, 0.15) is 0 Å². The summed E-state index contributed by atoms with van der Waals surface area (Å²) in [6.45, 7) is 0.618. The minimum Gasteiger partial charge on any atom is -0.409 e. The summed E-state index contributed by atoms with van der Waals surface area (Å²) in [4.78, 5) is 0. The van der Waals surface area contributed by atoms with Crippen LogP contribution in [0.5, 0.6) is 0 Å². The number of nitrogens with zero attached hydrogens (tertiary/aromatic N) is 1. The Kier molecular flexibility index (Phi) is 5.32. The number of alkyl halides is 4. The van der Waals surface area contributed by atoms with Gasteiger partial charge >= 0.3 is 12.3 Å². The lowest BCUT2D eigenvalue weighted by molar-refractivity contribution is -0.125. The summed E-state index contributed by atoms with van der Waals surface area (Å²) >= 11 is 0. The average Bonchev–Trinajstić information content (AvgIpc) is 2.39. The van der Waals surface area contributed by atoms with E-state index in [4.69, 9.17) is 10.9 Å². The Balaban J connectivity index is 2.66. The fraction of sp³-hybridized carbons (Fsp3) is 0.417. The Morgan fingerprint density at radius 1 is 1.45 bits per heavy atom. The maximum atomic E-state index is 12.7. The molecular weight excluding hydrogens is 278 g/mol. The van der Waals surface area contributed by atoms with E-state index < -0.39 is 18.9 Å². The minimum atomic E-state index is -4.05. The van der Waals surface area contributed by atoms with Gasteiger partial charge in [0.25, 0.3) is 0 Å². The van der Waals surface area contributed by atoms with E-state index in [-0.39, 0.29) is 12.4 Å². The van der Waals surface area contributed by atoms with Gasteiger partial charge in [-0.1, -0.05) is 17.3 Å². The van der Waals surface area contributed by atoms with Crippen LogP contribution in [0.15, 0.2) is 23.4 Å². The Labute approximate surface area is 113 Å². The van der Waals surface area contributed by atoms with Crippen LogP contribution in [0.2, 0.25) is 0 Å². The van der Waals surface area contributed by atoms with Gasteiger partial charge in [0.15, 0.2) is 5.84 Å². The molecule has 1 rings (SSSR count). The highest BCUT2D eigenvalue weighted by atomic mass is 19.3. The Bertz CT molecular complexity index is 492. The quantitative estimate of drug-likeness (QED) is 0.247. The van der Waals surface area contributed by atoms with Gasteiger partial charge in [-0.3, -0.25) is 0 Å². The number of halogens is 4. The molecule has 0 aliphatic rings. The molecule has 4 N–H and O–H groups in total. The third kappa shape index (κ3) is 4.09. The lowest BCUT2D eigenvalue weighted by Crippen LogP contribution is -2.38. The van der Waals surface area contributed by atoms with Crippen LogP contribution >= 0.6 is 0 Å². The molecule has 0 saturated carbocycles. The molecule has 112 valence electrons. The second kappa shape index (κ2) is 6.56. The molecule has 0 radical (unpaired) electrons. The zero-order chi connectivity index (χ0) is 15.3. The minimum absolute atomic E-state index is 0.0184. The van der Waals surface area contributed by atoms with E-state index in [1.54, 1.807) is 25.1 Å². The van der Waals surface area contributed by atoms with Gasteiger partial charge in [-0.05, 0) is 24.1 Å². The van der Waals surface area contributed by atoms with Crippen LogP contribution in [0.4, 0.5) is 17.6 Å². The molecule has 8 heteroatoms. The van der Waals surface area contributed by atoms with E-state index in [2.05, 4.69) is 10.5 Å². The average molecular weight is 293 g/mol. The topological polar surface area (TPSA) is 70.6 Å². The SMILES string of the molecule is Cc1cc(/C(N)=N/O)ccc1CNCC(F)(F)C(F)F. The van der Waals surface area contributed by atoms with Gasteiger partial charge < -0.3 is 16.3 Å². The first-order chi connectivity index (χ1) is 9.27. The van der Waals surface area contributed by atoms with Gasteiger partial charge in [0, 0.05) is 12.1 Å². The summed E-state index contributed by atoms with van der Waals surface area (Å²) in [7, 11) is 0. The zero-order valence-electron chi connectivity index (χ0n) is 10.7. The highest BCUT2D eigenvalue weighted by Gasteiger charge is 2.39. The van der Waals surface area contributed by atoms with E-state index in [9.17, 15) is 17.6 Å². The Hall–Kier alpha value is -1.83. The zero-order valence-corrected chi connectivity index (χ0v) is 10.7. The van der Waals surface area contributed by atoms with Gasteiger partial charge in [0.05, 0.1) is 6.54 Å². The Morgan fingerprint density at radius 3 is 2.60 bits per heavy atom. The molecule has 0 unspecified atom stereocenters. The molecule has 0 saturated heterocycles. The summed E-state index contributed by atoms with van der Waals surface area (Å²) in [6, 6.07) is 4.75. The molecule has 0 fully saturated rings. The standard InChI is InChI=1S/C12H15F4N3O/c1-7-4-8(10(17)19-20)2-3-9(7)5-18-6-12(15,16)11(13)14/h2-4,11,18,20H,5-6H2,1H3,(H2,17,19). The number of nitrogens with two attached hydrogens (primary N) is 1. The molecule has 1 aromatic carbocycles. The van der Waals surface area contributed by atoms with Crippen molar-refractivity contribution in [2.75, 3.05) is 6.54 Å². The number of amidine groups is 1. The number of hydrogen-bond donors (Lipinski definition) is 3. The van der Waals surface area contributed by atoms with E-state index in [1.165, 1.54) is 0 Å². The summed E-state index contributed by atoms with van der Waals surface area (Å²) in [5, 5.41) is 13.7. The molecule has 4 nitrogen and oxygen atoms in total. The number of benzene rings is 1. The number of oxime groups is 1. The molecule has 1 aromatic rings. The molecule has 0 spiro atoms. The van der Waals surface area contributed by atoms with Crippen LogP contribution in [0.25, 0.3) is 0 Å². The lowest BCUT2D eigenvalue weighted by Gasteiger charge is -2.16. The van der Waals surface area contributed by atoms with Crippen molar-refractivity contribution in [1.29, 1.82) is 0 Å². The van der Waals surface area contributed by atoms with Gasteiger partial charge in [0.2, 0.25) is 0 Å². The van der Waals surface area contributed by atoms with Crippen molar-refractivity contribution < 1.29 is 22.8 Å². The maximum Gasteiger partial charge on any atom is 0.319 e. The van der Waals surface area contributed by atoms with E-state index in [0.717, 1.165) is 0 Å². The van der Waals surface area contributed by atoms with Crippen LogP contribution < -0.4 is 11.1 Å².